The molecule has 1 aromatic carbocycles. The van der Waals surface area contributed by atoms with Gasteiger partial charge in [0.15, 0.2) is 0 Å². The maximum atomic E-state index is 12.4. The average Bonchev–Trinajstić information content (AvgIpc) is 2.52. The fourth-order valence-electron chi connectivity index (χ4n) is 3.41. The number of aryl methyl sites for hydroxylation is 2. The molecule has 0 saturated carbocycles. The second kappa shape index (κ2) is 7.24. The van der Waals surface area contributed by atoms with Gasteiger partial charge >= 0.3 is 12.0 Å². The zero-order valence-electron chi connectivity index (χ0n) is 15.1. The van der Waals surface area contributed by atoms with E-state index in [1.54, 1.807) is 4.90 Å². The highest BCUT2D eigenvalue weighted by atomic mass is 16.4. The van der Waals surface area contributed by atoms with Gasteiger partial charge in [-0.1, -0.05) is 37.6 Å². The van der Waals surface area contributed by atoms with Gasteiger partial charge in [0.25, 0.3) is 0 Å². The van der Waals surface area contributed by atoms with E-state index in [1.807, 2.05) is 0 Å². The van der Waals surface area contributed by atoms with E-state index in [1.165, 1.54) is 16.7 Å². The van der Waals surface area contributed by atoms with Crippen LogP contribution in [-0.4, -0.2) is 41.6 Å². The van der Waals surface area contributed by atoms with E-state index >= 15 is 0 Å². The molecule has 0 bridgehead atoms. The number of amides is 2. The van der Waals surface area contributed by atoms with Crippen LogP contribution in [0, 0.1) is 19.8 Å². The first-order chi connectivity index (χ1) is 11.2. The van der Waals surface area contributed by atoms with Gasteiger partial charge in [0.1, 0.15) is 0 Å². The highest BCUT2D eigenvalue weighted by molar-refractivity contribution is 5.75. The van der Waals surface area contributed by atoms with Crippen molar-refractivity contribution in [1.82, 2.24) is 10.2 Å². The lowest BCUT2D eigenvalue weighted by Gasteiger charge is -2.33. The largest absolute Gasteiger partial charge is 0.481 e. The fraction of sp³-hybridized carbons (Fsp3) is 0.579. The van der Waals surface area contributed by atoms with Gasteiger partial charge in [-0.3, -0.25) is 4.79 Å². The molecular weight excluding hydrogens is 304 g/mol. The molecule has 2 N–H and O–H groups in total. The molecule has 2 amide bonds. The Kier molecular flexibility index (Phi) is 5.52. The zero-order valence-corrected chi connectivity index (χ0v) is 15.1. The first kappa shape index (κ1) is 18.3. The number of hydrogen-bond donors (Lipinski definition) is 2. The molecule has 1 heterocycles. The normalized spacial score (nSPS) is 16.1. The van der Waals surface area contributed by atoms with Crippen LogP contribution < -0.4 is 5.32 Å². The highest BCUT2D eigenvalue weighted by Crippen LogP contribution is 2.26. The highest BCUT2D eigenvalue weighted by Gasteiger charge is 2.28. The first-order valence-electron chi connectivity index (χ1n) is 8.54. The predicted molar refractivity (Wildman–Crippen MR) is 94.3 cm³/mol. The lowest BCUT2D eigenvalue weighted by molar-refractivity contribution is -0.143. The molecular formula is C19H28N2O3. The van der Waals surface area contributed by atoms with Crippen LogP contribution in [0.1, 0.15) is 43.4 Å². The summed E-state index contributed by atoms with van der Waals surface area (Å²) in [6.07, 6.45) is 1.06. The maximum absolute atomic E-state index is 12.4. The van der Waals surface area contributed by atoms with E-state index in [0.29, 0.717) is 32.5 Å². The van der Waals surface area contributed by atoms with Crippen LogP contribution in [0.5, 0.6) is 0 Å². The van der Waals surface area contributed by atoms with Gasteiger partial charge in [-0.25, -0.2) is 4.79 Å². The number of likely N-dealkylation sites (tertiary alicyclic amines) is 1. The van der Waals surface area contributed by atoms with E-state index in [0.717, 1.165) is 0 Å². The third-order valence-electron chi connectivity index (χ3n) is 4.92. The van der Waals surface area contributed by atoms with Crippen molar-refractivity contribution in [2.45, 2.75) is 46.0 Å². The van der Waals surface area contributed by atoms with E-state index in [4.69, 9.17) is 5.11 Å². The number of hydrogen-bond acceptors (Lipinski definition) is 2. The fourth-order valence-corrected chi connectivity index (χ4v) is 3.41. The maximum Gasteiger partial charge on any atom is 0.317 e. The molecule has 1 fully saturated rings. The number of piperidine rings is 1. The molecule has 0 unspecified atom stereocenters. The Bertz CT molecular complexity index is 617. The van der Waals surface area contributed by atoms with Crippen molar-refractivity contribution < 1.29 is 14.7 Å². The van der Waals surface area contributed by atoms with Crippen molar-refractivity contribution in [1.29, 1.82) is 0 Å². The Balaban J connectivity index is 1.92. The number of carbonyl (C=O) groups excluding carboxylic acids is 1. The number of nitrogens with one attached hydrogen (secondary N) is 1. The van der Waals surface area contributed by atoms with E-state index in [9.17, 15) is 9.59 Å². The molecule has 0 radical (unpaired) electrons. The van der Waals surface area contributed by atoms with Gasteiger partial charge in [-0.2, -0.15) is 0 Å². The molecule has 132 valence electrons. The van der Waals surface area contributed by atoms with Gasteiger partial charge in [-0.05, 0) is 37.8 Å². The Morgan fingerprint density at radius 2 is 1.88 bits per heavy atom. The number of rotatable bonds is 4. The van der Waals surface area contributed by atoms with Crippen molar-refractivity contribution in [3.63, 3.8) is 0 Å². The topological polar surface area (TPSA) is 69.6 Å². The Labute approximate surface area is 144 Å². The Morgan fingerprint density at radius 1 is 1.25 bits per heavy atom. The summed E-state index contributed by atoms with van der Waals surface area (Å²) >= 11 is 0. The summed E-state index contributed by atoms with van der Waals surface area (Å²) in [4.78, 5) is 25.1. The molecule has 0 spiro atoms. The molecule has 5 nitrogen and oxygen atoms in total. The van der Waals surface area contributed by atoms with Crippen LogP contribution in [0.15, 0.2) is 18.2 Å². The average molecular weight is 332 g/mol. The summed E-state index contributed by atoms with van der Waals surface area (Å²) in [5.41, 5.74) is 3.54. The second-order valence-electron chi connectivity index (χ2n) is 7.46. The monoisotopic (exact) mass is 332 g/mol. The number of nitrogens with zero attached hydrogens (tertiary/aromatic N) is 1. The second-order valence-corrected chi connectivity index (χ2v) is 7.46. The van der Waals surface area contributed by atoms with Crippen molar-refractivity contribution in [2.24, 2.45) is 5.92 Å². The molecule has 1 aliphatic heterocycles. The summed E-state index contributed by atoms with van der Waals surface area (Å²) in [5.74, 6) is -1.08. The molecule has 0 atom stereocenters. The van der Waals surface area contributed by atoms with E-state index in [-0.39, 0.29) is 17.4 Å². The number of carbonyl (C=O) groups is 2. The minimum Gasteiger partial charge on any atom is -0.481 e. The summed E-state index contributed by atoms with van der Waals surface area (Å²) in [6.45, 7) is 9.99. The number of aliphatic carboxylic acids is 1. The van der Waals surface area contributed by atoms with E-state index < -0.39 is 5.97 Å². The first-order valence-corrected chi connectivity index (χ1v) is 8.54. The van der Waals surface area contributed by atoms with E-state index in [2.05, 4.69) is 51.2 Å². The van der Waals surface area contributed by atoms with Crippen LogP contribution in [0.4, 0.5) is 4.79 Å². The van der Waals surface area contributed by atoms with Crippen molar-refractivity contribution in [3.8, 4) is 0 Å². The lowest BCUT2D eigenvalue weighted by Crippen LogP contribution is -2.48. The van der Waals surface area contributed by atoms with Gasteiger partial charge in [0, 0.05) is 25.0 Å². The molecule has 1 aliphatic rings. The number of carboxylic acid groups (broad SMARTS) is 1. The van der Waals surface area contributed by atoms with Crippen LogP contribution in [-0.2, 0) is 10.2 Å². The molecule has 24 heavy (non-hydrogen) atoms. The summed E-state index contributed by atoms with van der Waals surface area (Å²) in [6, 6.07) is 6.30. The number of carboxylic acids is 1. The molecule has 2 rings (SSSR count). The Morgan fingerprint density at radius 3 is 2.42 bits per heavy atom. The van der Waals surface area contributed by atoms with Crippen molar-refractivity contribution in [3.05, 3.63) is 34.9 Å². The molecule has 0 aromatic heterocycles. The van der Waals surface area contributed by atoms with Gasteiger partial charge in [0.05, 0.1) is 5.92 Å². The minimum absolute atomic E-state index is 0.100. The quantitative estimate of drug-likeness (QED) is 0.890. The molecule has 1 saturated heterocycles. The lowest BCUT2D eigenvalue weighted by atomic mass is 9.81. The summed E-state index contributed by atoms with van der Waals surface area (Å²) < 4.78 is 0. The van der Waals surface area contributed by atoms with Gasteiger partial charge < -0.3 is 15.3 Å². The molecule has 5 heteroatoms. The smallest absolute Gasteiger partial charge is 0.317 e. The third kappa shape index (κ3) is 4.28. The summed E-state index contributed by atoms with van der Waals surface area (Å²) in [5, 5.41) is 12.0. The standard InChI is InChI=1S/C19H28N2O3/c1-13-5-6-16(14(2)11-13)19(3,4)12-20-18(24)21-9-7-15(8-10-21)17(22)23/h5-6,11,15H,7-10,12H2,1-4H3,(H,20,24)(H,22,23). The van der Waals surface area contributed by atoms with Gasteiger partial charge in [0.2, 0.25) is 0 Å². The van der Waals surface area contributed by atoms with Crippen LogP contribution in [0.3, 0.4) is 0 Å². The Hall–Kier alpha value is -2.04. The SMILES string of the molecule is Cc1ccc(C(C)(C)CNC(=O)N2CCC(C(=O)O)CC2)c(C)c1. The van der Waals surface area contributed by atoms with Crippen LogP contribution in [0.2, 0.25) is 0 Å². The third-order valence-corrected chi connectivity index (χ3v) is 4.92. The minimum atomic E-state index is -0.758. The van der Waals surface area contributed by atoms with Crippen molar-refractivity contribution >= 4 is 12.0 Å². The number of benzene rings is 1. The predicted octanol–water partition coefficient (Wildman–Crippen LogP) is 3.09. The van der Waals surface area contributed by atoms with Crippen LogP contribution in [0.25, 0.3) is 0 Å². The molecule has 0 aliphatic carbocycles. The van der Waals surface area contributed by atoms with Gasteiger partial charge in [-0.15, -0.1) is 0 Å². The number of urea groups is 1. The van der Waals surface area contributed by atoms with Crippen LogP contribution >= 0.6 is 0 Å². The van der Waals surface area contributed by atoms with Crippen molar-refractivity contribution in [2.75, 3.05) is 19.6 Å². The molecule has 1 aromatic rings. The zero-order chi connectivity index (χ0) is 17.9. The summed E-state index contributed by atoms with van der Waals surface area (Å²) in [7, 11) is 0.